The number of oxazole rings is 1. The third-order valence-corrected chi connectivity index (χ3v) is 5.86. The molecule has 0 aliphatic carbocycles. The Bertz CT molecular complexity index is 1140. The molecular weight excluding hydrogens is 395 g/mol. The lowest BCUT2D eigenvalue weighted by molar-refractivity contribution is -0.135. The molecule has 1 aromatic heterocycles. The van der Waals surface area contributed by atoms with Crippen LogP contribution in [0.15, 0.2) is 65.3 Å². The van der Waals surface area contributed by atoms with E-state index in [9.17, 15) is 9.18 Å². The maximum absolute atomic E-state index is 13.2. The van der Waals surface area contributed by atoms with Crippen molar-refractivity contribution >= 4 is 5.91 Å². The van der Waals surface area contributed by atoms with Crippen molar-refractivity contribution in [2.45, 2.75) is 38.9 Å². The summed E-state index contributed by atoms with van der Waals surface area (Å²) in [6.45, 7) is 4.25. The number of aryl methyl sites for hydroxylation is 2. The number of fused-ring (bicyclic) bond motifs is 1. The molecule has 1 saturated heterocycles. The lowest BCUT2D eigenvalue weighted by Gasteiger charge is -2.31. The van der Waals surface area contributed by atoms with E-state index >= 15 is 0 Å². The summed E-state index contributed by atoms with van der Waals surface area (Å²) in [5.74, 6) is 0.989. The predicted octanol–water partition coefficient (Wildman–Crippen LogP) is 4.23. The second kappa shape index (κ2) is 7.67. The number of benzene rings is 2. The fraction of sp³-hybridized carbons (Fsp3) is 0.250. The molecule has 1 amide bonds. The minimum atomic E-state index is -0.316. The van der Waals surface area contributed by atoms with Gasteiger partial charge in [0.25, 0.3) is 5.91 Å². The van der Waals surface area contributed by atoms with Crippen LogP contribution < -0.4 is 5.43 Å². The van der Waals surface area contributed by atoms with E-state index in [-0.39, 0.29) is 23.8 Å². The Morgan fingerprint density at radius 2 is 1.84 bits per heavy atom. The Hall–Kier alpha value is -3.45. The molecule has 5 rings (SSSR count). The van der Waals surface area contributed by atoms with Crippen molar-refractivity contribution in [3.63, 3.8) is 0 Å². The van der Waals surface area contributed by atoms with Crippen molar-refractivity contribution in [2.24, 2.45) is 0 Å². The molecule has 158 valence electrons. The minimum absolute atomic E-state index is 0.00102. The number of nitrogens with zero attached hydrogens (tertiary/aromatic N) is 3. The Morgan fingerprint density at radius 1 is 1.10 bits per heavy atom. The molecule has 3 aromatic rings. The van der Waals surface area contributed by atoms with Gasteiger partial charge in [0, 0.05) is 18.0 Å². The summed E-state index contributed by atoms with van der Waals surface area (Å²) in [6.07, 6.45) is 4.24. The van der Waals surface area contributed by atoms with Crippen LogP contribution in [0.1, 0.15) is 35.0 Å². The summed E-state index contributed by atoms with van der Waals surface area (Å²) in [5, 5.41) is 1.83. The summed E-state index contributed by atoms with van der Waals surface area (Å²) < 4.78 is 19.1. The van der Waals surface area contributed by atoms with Gasteiger partial charge in [-0.25, -0.2) is 14.8 Å². The van der Waals surface area contributed by atoms with Gasteiger partial charge in [-0.3, -0.25) is 4.79 Å². The van der Waals surface area contributed by atoms with E-state index in [0.29, 0.717) is 24.6 Å². The monoisotopic (exact) mass is 418 g/mol. The Kier molecular flexibility index (Phi) is 4.82. The van der Waals surface area contributed by atoms with E-state index < -0.39 is 0 Å². The van der Waals surface area contributed by atoms with Crippen LogP contribution in [0.3, 0.4) is 0 Å². The van der Waals surface area contributed by atoms with Gasteiger partial charge in [0.2, 0.25) is 5.89 Å². The van der Waals surface area contributed by atoms with Gasteiger partial charge in [-0.15, -0.1) is 0 Å². The number of hydrazine groups is 1. The number of rotatable bonds is 4. The number of aromatic nitrogens is 1. The molecule has 3 heterocycles. The first-order valence-electron chi connectivity index (χ1n) is 10.3. The lowest BCUT2D eigenvalue weighted by atomic mass is 10.0. The fourth-order valence-corrected chi connectivity index (χ4v) is 4.04. The first kappa shape index (κ1) is 19.5. The average Bonchev–Trinajstić information content (AvgIpc) is 3.36. The van der Waals surface area contributed by atoms with Gasteiger partial charge in [0.05, 0.1) is 12.6 Å². The SMILES string of the molecule is Cc1ccc(-c2nc(CN3C=CN4NC(c5ccc(F)cc5)CC4C3=O)c(C)o2)cc1. The van der Waals surface area contributed by atoms with Crippen molar-refractivity contribution in [3.05, 3.63) is 89.3 Å². The second-order valence-electron chi connectivity index (χ2n) is 8.04. The summed E-state index contributed by atoms with van der Waals surface area (Å²) >= 11 is 0. The van der Waals surface area contributed by atoms with Gasteiger partial charge >= 0.3 is 0 Å². The second-order valence-corrected chi connectivity index (χ2v) is 8.04. The first-order chi connectivity index (χ1) is 15.0. The summed E-state index contributed by atoms with van der Waals surface area (Å²) in [5.41, 5.74) is 7.11. The number of nitrogens with one attached hydrogen (secondary N) is 1. The number of hydrogen-bond donors (Lipinski definition) is 1. The Balaban J connectivity index is 1.31. The van der Waals surface area contributed by atoms with Crippen molar-refractivity contribution in [1.82, 2.24) is 20.3 Å². The van der Waals surface area contributed by atoms with Crippen molar-refractivity contribution in [2.75, 3.05) is 0 Å². The number of hydrogen-bond acceptors (Lipinski definition) is 5. The topological polar surface area (TPSA) is 61.6 Å². The van der Waals surface area contributed by atoms with E-state index in [0.717, 1.165) is 16.8 Å². The molecule has 2 aliphatic rings. The molecule has 0 spiro atoms. The van der Waals surface area contributed by atoms with E-state index in [4.69, 9.17) is 4.42 Å². The third-order valence-electron chi connectivity index (χ3n) is 5.86. The number of amides is 1. The van der Waals surface area contributed by atoms with Gasteiger partial charge < -0.3 is 14.3 Å². The smallest absolute Gasteiger partial charge is 0.251 e. The van der Waals surface area contributed by atoms with Crippen LogP contribution in [0.25, 0.3) is 11.5 Å². The highest BCUT2D eigenvalue weighted by Crippen LogP contribution is 2.32. The molecule has 2 atom stereocenters. The normalized spacial score (nSPS) is 20.4. The summed E-state index contributed by atoms with van der Waals surface area (Å²) in [7, 11) is 0. The van der Waals surface area contributed by atoms with Gasteiger partial charge in [0.15, 0.2) is 0 Å². The number of carbonyl (C=O) groups is 1. The zero-order chi connectivity index (χ0) is 21.5. The zero-order valence-corrected chi connectivity index (χ0v) is 17.4. The van der Waals surface area contributed by atoms with Gasteiger partial charge in [0.1, 0.15) is 23.3 Å². The molecular formula is C24H23FN4O2. The molecule has 1 N–H and O–H groups in total. The van der Waals surface area contributed by atoms with E-state index in [1.165, 1.54) is 17.7 Å². The maximum atomic E-state index is 13.2. The molecule has 6 nitrogen and oxygen atoms in total. The molecule has 2 aliphatic heterocycles. The highest BCUT2D eigenvalue weighted by Gasteiger charge is 2.40. The molecule has 2 unspecified atom stereocenters. The van der Waals surface area contributed by atoms with Crippen LogP contribution in [0.4, 0.5) is 4.39 Å². The van der Waals surface area contributed by atoms with E-state index in [1.807, 2.05) is 49.3 Å². The first-order valence-corrected chi connectivity index (χ1v) is 10.3. The van der Waals surface area contributed by atoms with Crippen molar-refractivity contribution < 1.29 is 13.6 Å². The molecule has 2 aromatic carbocycles. The highest BCUT2D eigenvalue weighted by molar-refractivity contribution is 5.84. The molecule has 0 saturated carbocycles. The van der Waals surface area contributed by atoms with Crippen LogP contribution >= 0.6 is 0 Å². The van der Waals surface area contributed by atoms with Crippen LogP contribution in [0, 0.1) is 19.7 Å². The molecule has 7 heteroatoms. The Morgan fingerprint density at radius 3 is 2.58 bits per heavy atom. The quantitative estimate of drug-likeness (QED) is 0.687. The largest absolute Gasteiger partial charge is 0.441 e. The average molecular weight is 418 g/mol. The van der Waals surface area contributed by atoms with E-state index in [1.54, 1.807) is 23.2 Å². The van der Waals surface area contributed by atoms with Crippen LogP contribution in [0.5, 0.6) is 0 Å². The fourth-order valence-electron chi connectivity index (χ4n) is 4.04. The van der Waals surface area contributed by atoms with Gasteiger partial charge in [-0.1, -0.05) is 29.8 Å². The summed E-state index contributed by atoms with van der Waals surface area (Å²) in [6, 6.07) is 14.0. The van der Waals surface area contributed by atoms with Crippen LogP contribution in [-0.4, -0.2) is 26.8 Å². The standard InChI is InChI=1S/C24H23FN4O2/c1-15-3-5-18(6-4-15)23-26-21(16(2)31-23)14-28-11-12-29-22(24(28)30)13-20(27-29)17-7-9-19(25)10-8-17/h3-12,20,22,27H,13-14H2,1-2H3. The third kappa shape index (κ3) is 3.72. The van der Waals surface area contributed by atoms with E-state index in [2.05, 4.69) is 10.4 Å². The minimum Gasteiger partial charge on any atom is -0.441 e. The molecule has 0 radical (unpaired) electrons. The number of carbonyl (C=O) groups excluding carboxylic acids is 1. The van der Waals surface area contributed by atoms with Gasteiger partial charge in [-0.2, -0.15) is 0 Å². The summed E-state index contributed by atoms with van der Waals surface area (Å²) in [4.78, 5) is 19.5. The lowest BCUT2D eigenvalue weighted by Crippen LogP contribution is -2.47. The van der Waals surface area contributed by atoms with Crippen molar-refractivity contribution in [3.8, 4) is 11.5 Å². The van der Waals surface area contributed by atoms with Crippen LogP contribution in [0.2, 0.25) is 0 Å². The predicted molar refractivity (Wildman–Crippen MR) is 114 cm³/mol. The maximum Gasteiger partial charge on any atom is 0.251 e. The number of halogens is 1. The highest BCUT2D eigenvalue weighted by atomic mass is 19.1. The van der Waals surface area contributed by atoms with Crippen LogP contribution in [-0.2, 0) is 11.3 Å². The molecule has 31 heavy (non-hydrogen) atoms. The van der Waals surface area contributed by atoms with Crippen molar-refractivity contribution in [1.29, 1.82) is 0 Å². The Labute approximate surface area is 180 Å². The molecule has 0 bridgehead atoms. The zero-order valence-electron chi connectivity index (χ0n) is 17.4. The molecule has 1 fully saturated rings. The van der Waals surface area contributed by atoms with Gasteiger partial charge in [-0.05, 0) is 50.1 Å².